The van der Waals surface area contributed by atoms with Gasteiger partial charge in [0.1, 0.15) is 17.1 Å². The summed E-state index contributed by atoms with van der Waals surface area (Å²) in [4.78, 5) is 32.4. The number of carbonyl (C=O) groups is 1. The van der Waals surface area contributed by atoms with E-state index in [9.17, 15) is 9.59 Å². The lowest BCUT2D eigenvalue weighted by Gasteiger charge is -2.24. The first kappa shape index (κ1) is 17.0. The molecule has 2 aliphatic rings. The molecule has 0 bridgehead atoms. The van der Waals surface area contributed by atoms with Crippen molar-refractivity contribution in [3.63, 3.8) is 0 Å². The zero-order chi connectivity index (χ0) is 19.1. The van der Waals surface area contributed by atoms with Gasteiger partial charge >= 0.3 is 5.97 Å². The summed E-state index contributed by atoms with van der Waals surface area (Å²) >= 11 is 0. The summed E-state index contributed by atoms with van der Waals surface area (Å²) < 4.78 is 6.70. The maximum Gasteiger partial charge on any atom is 0.341 e. The van der Waals surface area contributed by atoms with Crippen LogP contribution in [0.3, 0.4) is 0 Å². The molecule has 0 saturated heterocycles. The predicted octanol–water partition coefficient (Wildman–Crippen LogP) is 2.58. The lowest BCUT2D eigenvalue weighted by atomic mass is 10.0. The molecule has 0 spiro atoms. The van der Waals surface area contributed by atoms with Crippen LogP contribution < -0.4 is 5.56 Å². The molecule has 8 heteroatoms. The first-order valence-corrected chi connectivity index (χ1v) is 8.62. The number of fused-ring (bicyclic) bond motifs is 2. The molecular formula is C19H19N5O3. The van der Waals surface area contributed by atoms with E-state index in [0.29, 0.717) is 11.3 Å². The fourth-order valence-corrected chi connectivity index (χ4v) is 3.39. The molecule has 0 saturated carbocycles. The quantitative estimate of drug-likeness (QED) is 0.541. The summed E-state index contributed by atoms with van der Waals surface area (Å²) in [5, 5.41) is 6.37. The molecule has 0 fully saturated rings. The van der Waals surface area contributed by atoms with E-state index in [4.69, 9.17) is 9.72 Å². The van der Waals surface area contributed by atoms with E-state index in [-0.39, 0.29) is 23.1 Å². The minimum absolute atomic E-state index is 0.139. The van der Waals surface area contributed by atoms with Gasteiger partial charge in [-0.15, -0.1) is 0 Å². The Morgan fingerprint density at radius 3 is 2.70 bits per heavy atom. The molecule has 1 atom stereocenters. The third-order valence-electron chi connectivity index (χ3n) is 4.63. The normalized spacial score (nSPS) is 12.7. The molecule has 0 aliphatic carbocycles. The molecule has 138 valence electrons. The number of H-pyrrole nitrogens is 2. The fraction of sp³-hybridized carbons (Fsp3) is 0.263. The summed E-state index contributed by atoms with van der Waals surface area (Å²) in [7, 11) is 1.30. The van der Waals surface area contributed by atoms with Crippen LogP contribution in [-0.2, 0) is 4.74 Å². The molecule has 3 heterocycles. The standard InChI is InChI=1S/C19H19N5O3/c1-10(2)16(17-20-13-6-4-5-7-14(13)21-17)24-8-11-15(22-23-18(11)25)12(9-24)19(26)27-3/h4-10,16H,1-3H3,(H,20,21)(H,23,25)/t16-/m0/s1. The van der Waals surface area contributed by atoms with Crippen LogP contribution in [0.15, 0.2) is 41.5 Å². The van der Waals surface area contributed by atoms with Gasteiger partial charge in [0, 0.05) is 12.4 Å². The predicted molar refractivity (Wildman–Crippen MR) is 99.9 cm³/mol. The number of pyridine rings is 1. The van der Waals surface area contributed by atoms with Crippen molar-refractivity contribution in [1.29, 1.82) is 0 Å². The molecule has 4 rings (SSSR count). The average molecular weight is 365 g/mol. The SMILES string of the molecule is COC(=O)c1cn([C@H](c2nc3ccccc3[nH]2)C(C)C)cc2c(=O)[nH]nc1-2. The number of carbonyl (C=O) groups excluding carboxylic acids is 1. The third-order valence-corrected chi connectivity index (χ3v) is 4.63. The van der Waals surface area contributed by atoms with Gasteiger partial charge in [-0.25, -0.2) is 14.9 Å². The average Bonchev–Trinajstić information content (AvgIpc) is 3.24. The molecule has 0 amide bonds. The highest BCUT2D eigenvalue weighted by molar-refractivity contribution is 5.96. The van der Waals surface area contributed by atoms with Crippen molar-refractivity contribution in [3.8, 4) is 11.3 Å². The van der Waals surface area contributed by atoms with Gasteiger partial charge in [-0.2, -0.15) is 5.10 Å². The van der Waals surface area contributed by atoms with Gasteiger partial charge in [-0.05, 0) is 18.1 Å². The van der Waals surface area contributed by atoms with Crippen molar-refractivity contribution in [1.82, 2.24) is 24.7 Å². The molecule has 8 nitrogen and oxygen atoms in total. The number of aromatic amines is 2. The highest BCUT2D eigenvalue weighted by atomic mass is 16.5. The van der Waals surface area contributed by atoms with Crippen LogP contribution in [0, 0.1) is 5.92 Å². The van der Waals surface area contributed by atoms with Crippen molar-refractivity contribution >= 4 is 17.0 Å². The van der Waals surface area contributed by atoms with Crippen LogP contribution in [0.1, 0.15) is 36.1 Å². The summed E-state index contributed by atoms with van der Waals surface area (Å²) in [6, 6.07) is 7.56. The van der Waals surface area contributed by atoms with E-state index < -0.39 is 5.97 Å². The number of hydrogen-bond donors (Lipinski definition) is 2. The number of ether oxygens (including phenoxy) is 1. The Balaban J connectivity index is 1.94. The van der Waals surface area contributed by atoms with E-state index in [1.807, 2.05) is 28.8 Å². The molecule has 0 unspecified atom stereocenters. The first-order valence-electron chi connectivity index (χ1n) is 8.62. The van der Waals surface area contributed by atoms with Crippen molar-refractivity contribution < 1.29 is 9.53 Å². The maximum absolute atomic E-state index is 12.2. The highest BCUT2D eigenvalue weighted by Gasteiger charge is 2.27. The molecular weight excluding hydrogens is 346 g/mol. The van der Waals surface area contributed by atoms with Gasteiger partial charge in [0.25, 0.3) is 5.56 Å². The number of esters is 1. The maximum atomic E-state index is 12.2. The Hall–Kier alpha value is -3.42. The Labute approximate surface area is 154 Å². The smallest absolute Gasteiger partial charge is 0.341 e. The van der Waals surface area contributed by atoms with E-state index in [0.717, 1.165) is 16.9 Å². The molecule has 2 aromatic rings. The zero-order valence-corrected chi connectivity index (χ0v) is 15.2. The van der Waals surface area contributed by atoms with Crippen LogP contribution in [-0.4, -0.2) is 37.8 Å². The summed E-state index contributed by atoms with van der Waals surface area (Å²) in [6.07, 6.45) is 3.36. The van der Waals surface area contributed by atoms with E-state index in [1.54, 1.807) is 12.4 Å². The van der Waals surface area contributed by atoms with Crippen molar-refractivity contribution in [2.24, 2.45) is 5.92 Å². The topological polar surface area (TPSA) is 106 Å². The molecule has 27 heavy (non-hydrogen) atoms. The van der Waals surface area contributed by atoms with Crippen molar-refractivity contribution in [2.75, 3.05) is 7.11 Å². The van der Waals surface area contributed by atoms with Gasteiger partial charge in [-0.1, -0.05) is 26.0 Å². The second-order valence-electron chi connectivity index (χ2n) is 6.75. The van der Waals surface area contributed by atoms with E-state index in [1.165, 1.54) is 7.11 Å². The number of methoxy groups -OCH3 is 1. The highest BCUT2D eigenvalue weighted by Crippen LogP contribution is 2.30. The van der Waals surface area contributed by atoms with Crippen LogP contribution in [0.2, 0.25) is 0 Å². The summed E-state index contributed by atoms with van der Waals surface area (Å²) in [5.41, 5.74) is 2.31. The van der Waals surface area contributed by atoms with Crippen molar-refractivity contribution in [2.45, 2.75) is 19.9 Å². The largest absolute Gasteiger partial charge is 0.465 e. The summed E-state index contributed by atoms with van der Waals surface area (Å²) in [6.45, 7) is 4.11. The number of hydrogen-bond acceptors (Lipinski definition) is 5. The first-order chi connectivity index (χ1) is 13.0. The minimum Gasteiger partial charge on any atom is -0.465 e. The van der Waals surface area contributed by atoms with E-state index >= 15 is 0 Å². The molecule has 1 aromatic carbocycles. The lowest BCUT2D eigenvalue weighted by molar-refractivity contribution is 0.0600. The van der Waals surface area contributed by atoms with Gasteiger partial charge < -0.3 is 14.3 Å². The van der Waals surface area contributed by atoms with Gasteiger partial charge in [0.15, 0.2) is 0 Å². The van der Waals surface area contributed by atoms with Crippen molar-refractivity contribution in [3.05, 3.63) is 58.4 Å². The number of rotatable bonds is 4. The monoisotopic (exact) mass is 365 g/mol. The zero-order valence-electron chi connectivity index (χ0n) is 15.2. The number of benzene rings is 1. The van der Waals surface area contributed by atoms with Crippen LogP contribution in [0.25, 0.3) is 22.3 Å². The number of aromatic nitrogens is 5. The molecule has 2 aliphatic heterocycles. The molecule has 1 aromatic heterocycles. The molecule has 0 radical (unpaired) electrons. The van der Waals surface area contributed by atoms with Gasteiger partial charge in [0.05, 0.1) is 29.7 Å². The molecule has 2 N–H and O–H groups in total. The van der Waals surface area contributed by atoms with E-state index in [2.05, 4.69) is 29.0 Å². The van der Waals surface area contributed by atoms with Crippen LogP contribution in [0.5, 0.6) is 0 Å². The number of nitrogens with one attached hydrogen (secondary N) is 2. The second-order valence-corrected chi connectivity index (χ2v) is 6.75. The fourth-order valence-electron chi connectivity index (χ4n) is 3.39. The Kier molecular flexibility index (Phi) is 4.02. The number of para-hydroxylation sites is 2. The van der Waals surface area contributed by atoms with Gasteiger partial charge in [-0.3, -0.25) is 4.79 Å². The minimum atomic E-state index is -0.548. The lowest BCUT2D eigenvalue weighted by Crippen LogP contribution is -2.21. The third kappa shape index (κ3) is 2.79. The Morgan fingerprint density at radius 2 is 2.00 bits per heavy atom. The van der Waals surface area contributed by atoms with Crippen LogP contribution in [0.4, 0.5) is 0 Å². The summed E-state index contributed by atoms with van der Waals surface area (Å²) in [5.74, 6) is 0.343. The number of nitrogens with zero attached hydrogens (tertiary/aromatic N) is 3. The second kappa shape index (κ2) is 6.39. The Morgan fingerprint density at radius 1 is 1.22 bits per heavy atom. The van der Waals surface area contributed by atoms with Gasteiger partial charge in [0.2, 0.25) is 0 Å². The Bertz CT molecular complexity index is 1120. The number of imidazole rings is 1. The van der Waals surface area contributed by atoms with Crippen LogP contribution >= 0.6 is 0 Å².